The molecule has 86 heavy (non-hydrogen) atoms. The highest BCUT2D eigenvalue weighted by molar-refractivity contribution is 5.99. The van der Waals surface area contributed by atoms with Crippen molar-refractivity contribution in [2.24, 2.45) is 23.5 Å². The van der Waals surface area contributed by atoms with Gasteiger partial charge < -0.3 is 62.9 Å². The smallest absolute Gasteiger partial charge is 0.326 e. The van der Waals surface area contributed by atoms with Crippen molar-refractivity contribution in [2.75, 3.05) is 6.54 Å². The van der Waals surface area contributed by atoms with Crippen LogP contribution in [0.15, 0.2) is 91.3 Å². The molecule has 2 unspecified atom stereocenters. The summed E-state index contributed by atoms with van der Waals surface area (Å²) in [4.78, 5) is 147. The van der Waals surface area contributed by atoms with Crippen molar-refractivity contribution >= 4 is 80.9 Å². The highest BCUT2D eigenvalue weighted by atomic mass is 16.4. The van der Waals surface area contributed by atoms with Crippen LogP contribution in [0.4, 0.5) is 0 Å². The number of hydrogen-bond acceptors (Lipinski definition) is 10. The number of fused-ring (bicyclic) bond motifs is 2. The molecule has 5 aromatic rings. The maximum Gasteiger partial charge on any atom is 0.326 e. The summed E-state index contributed by atoms with van der Waals surface area (Å²) in [6, 6.07) is 13.8. The molecule has 460 valence electrons. The van der Waals surface area contributed by atoms with Crippen molar-refractivity contribution in [3.63, 3.8) is 0 Å². The normalized spacial score (nSPS) is 16.2. The molecule has 1 fully saturated rings. The van der Waals surface area contributed by atoms with Gasteiger partial charge in [0.05, 0.1) is 0 Å². The molecule has 0 radical (unpaired) electrons. The van der Waals surface area contributed by atoms with E-state index in [0.29, 0.717) is 30.4 Å². The number of para-hydroxylation sites is 2. The Bertz CT molecular complexity index is 3240. The summed E-state index contributed by atoms with van der Waals surface area (Å²) >= 11 is 0. The molecule has 0 saturated carbocycles. The zero-order chi connectivity index (χ0) is 62.6. The Hall–Kier alpha value is -9.00. The number of rotatable bonds is 32. The summed E-state index contributed by atoms with van der Waals surface area (Å²) in [5.41, 5.74) is 9.12. The lowest BCUT2D eigenvalue weighted by Gasteiger charge is -2.32. The largest absolute Gasteiger partial charge is 0.480 e. The summed E-state index contributed by atoms with van der Waals surface area (Å²) < 4.78 is 0. The van der Waals surface area contributed by atoms with Crippen LogP contribution in [0, 0.1) is 30.1 Å². The molecule has 1 aliphatic rings. The first-order valence-corrected chi connectivity index (χ1v) is 29.6. The van der Waals surface area contributed by atoms with Gasteiger partial charge in [0.2, 0.25) is 53.2 Å². The number of carboxylic acids is 1. The van der Waals surface area contributed by atoms with Gasteiger partial charge in [0, 0.05) is 79.3 Å². The molecule has 22 nitrogen and oxygen atoms in total. The zero-order valence-electron chi connectivity index (χ0n) is 49.8. The number of carbonyl (C=O) groups is 10. The summed E-state index contributed by atoms with van der Waals surface area (Å²) in [5, 5.41) is 31.0. The number of aromatic amines is 2. The Balaban J connectivity index is 1.26. The molecule has 2 aromatic heterocycles. The standard InChI is InChI=1S/C64H83N11O11/c1-8-11-27-54(77)68-48(33-41-35-66-45-24-17-15-22-43(41)45)58(79)73-56(39(7)10-3)62(83)71-50(32-40-20-13-12-14-21-40)63(84)75-30-19-26-52(75)60(81)70-49(34-42-36-67-46-25-18-16-23-44(42)46)59(80)74-55(38(6)9-2)61(82)69-47(28-29-53(65)76)57(78)72-51(64(85)86)31-37(4)5/h1,12-18,20-25,35-39,47-52,55-56,66-67H,9-11,19,26-34H2,2-7H3,(H2,65,76)(H,68,77)(H,69,82)(H,70,81)(H,71,83)(H,72,78)(H,73,79)(H,74,80)(H,85,86)/t38?,39?,47-,48-,49-,50-,51-,52-,55-,56-/m0/s1. The minimum atomic E-state index is -1.42. The fraction of sp³-hybridized carbons (Fsp3) is 0.469. The Morgan fingerprint density at radius 1 is 0.616 bits per heavy atom. The van der Waals surface area contributed by atoms with Crippen molar-refractivity contribution in [3.05, 3.63) is 108 Å². The van der Waals surface area contributed by atoms with Crippen molar-refractivity contribution in [3.8, 4) is 12.3 Å². The zero-order valence-corrected chi connectivity index (χ0v) is 49.8. The third-order valence-electron chi connectivity index (χ3n) is 15.9. The Labute approximate surface area is 501 Å². The quantitative estimate of drug-likeness (QED) is 0.0274. The average Bonchev–Trinajstić information content (AvgIpc) is 3.20. The van der Waals surface area contributed by atoms with Crippen LogP contribution in [0.3, 0.4) is 0 Å². The van der Waals surface area contributed by atoms with Crippen molar-refractivity contribution in [1.29, 1.82) is 0 Å². The molecule has 1 saturated heterocycles. The summed E-state index contributed by atoms with van der Waals surface area (Å²) in [5.74, 6) is -6.24. The highest BCUT2D eigenvalue weighted by Crippen LogP contribution is 2.25. The van der Waals surface area contributed by atoms with Crippen LogP contribution in [0.2, 0.25) is 0 Å². The van der Waals surface area contributed by atoms with Gasteiger partial charge >= 0.3 is 5.97 Å². The van der Waals surface area contributed by atoms with Crippen LogP contribution in [0.5, 0.6) is 0 Å². The number of nitrogens with zero attached hydrogens (tertiary/aromatic N) is 1. The molecule has 6 rings (SSSR count). The molecule has 22 heteroatoms. The lowest BCUT2D eigenvalue weighted by Crippen LogP contribution is -2.61. The van der Waals surface area contributed by atoms with Gasteiger partial charge in [0.15, 0.2) is 0 Å². The van der Waals surface area contributed by atoms with E-state index in [-0.39, 0.29) is 70.3 Å². The van der Waals surface area contributed by atoms with Crippen LogP contribution in [-0.4, -0.2) is 134 Å². The van der Waals surface area contributed by atoms with Crippen LogP contribution in [0.1, 0.15) is 116 Å². The summed E-state index contributed by atoms with van der Waals surface area (Å²) in [7, 11) is 0. The molecule has 0 bridgehead atoms. The van der Waals surface area contributed by atoms with Gasteiger partial charge in [-0.1, -0.05) is 121 Å². The molecule has 0 aliphatic carbocycles. The molecular weight excluding hydrogens is 1100 g/mol. The van der Waals surface area contributed by atoms with Crippen LogP contribution in [-0.2, 0) is 67.2 Å². The SMILES string of the molecule is C#CCCC(=O)N[C@@H](Cc1c[nH]c2ccccc12)C(=O)N[C@H](C(=O)N[C@@H](Cc1ccccc1)C(=O)N1CCC[C@H]1C(=O)N[C@@H](Cc1c[nH]c2ccccc12)C(=O)N[C@H](C(=O)N[C@@H](CCC(N)=O)C(=O)N[C@@H](CC(C)C)C(=O)O)C(C)CC)C(C)CC. The van der Waals surface area contributed by atoms with Gasteiger partial charge in [0.25, 0.3) is 0 Å². The Morgan fingerprint density at radius 2 is 1.12 bits per heavy atom. The van der Waals surface area contributed by atoms with E-state index >= 15 is 4.79 Å². The van der Waals surface area contributed by atoms with Gasteiger partial charge in [-0.2, -0.15) is 0 Å². The molecule has 12 N–H and O–H groups in total. The number of primary amides is 1. The van der Waals surface area contributed by atoms with Crippen molar-refractivity contribution in [1.82, 2.24) is 52.1 Å². The molecule has 9 amide bonds. The van der Waals surface area contributed by atoms with Gasteiger partial charge in [-0.15, -0.1) is 12.3 Å². The molecule has 3 heterocycles. The number of amides is 9. The third-order valence-corrected chi connectivity index (χ3v) is 15.9. The number of likely N-dealkylation sites (tertiary alicyclic amines) is 1. The highest BCUT2D eigenvalue weighted by Gasteiger charge is 2.42. The second-order valence-corrected chi connectivity index (χ2v) is 22.8. The second kappa shape index (κ2) is 31.8. The molecule has 3 aromatic carbocycles. The Morgan fingerprint density at radius 3 is 1.63 bits per heavy atom. The number of carboxylic acid groups (broad SMARTS) is 1. The molecular formula is C64H83N11O11. The van der Waals surface area contributed by atoms with E-state index in [2.05, 4.69) is 53.1 Å². The predicted octanol–water partition coefficient (Wildman–Crippen LogP) is 3.96. The number of hydrogen-bond donors (Lipinski definition) is 11. The van der Waals surface area contributed by atoms with E-state index in [1.165, 1.54) is 4.90 Å². The number of nitrogens with one attached hydrogen (secondary N) is 9. The topological polar surface area (TPSA) is 336 Å². The third kappa shape index (κ3) is 18.3. The maximum atomic E-state index is 15.2. The number of aromatic nitrogens is 2. The van der Waals surface area contributed by atoms with E-state index in [1.54, 1.807) is 71.3 Å². The van der Waals surface area contributed by atoms with E-state index in [4.69, 9.17) is 12.2 Å². The van der Waals surface area contributed by atoms with Gasteiger partial charge in [-0.25, -0.2) is 4.79 Å². The monoisotopic (exact) mass is 1180 g/mol. The van der Waals surface area contributed by atoms with Crippen LogP contribution < -0.4 is 43.0 Å². The lowest BCUT2D eigenvalue weighted by atomic mass is 9.96. The number of aliphatic carboxylic acids is 1. The Kier molecular flexibility index (Phi) is 24.4. The summed E-state index contributed by atoms with van der Waals surface area (Å²) in [6.45, 7) is 10.8. The minimum absolute atomic E-state index is 0.000356. The van der Waals surface area contributed by atoms with E-state index in [9.17, 15) is 48.3 Å². The predicted molar refractivity (Wildman–Crippen MR) is 325 cm³/mol. The first-order valence-electron chi connectivity index (χ1n) is 29.6. The minimum Gasteiger partial charge on any atom is -0.480 e. The molecule has 1 aliphatic heterocycles. The average molecular weight is 1180 g/mol. The summed E-state index contributed by atoms with van der Waals surface area (Å²) in [6.07, 6.45) is 9.88. The van der Waals surface area contributed by atoms with E-state index in [0.717, 1.165) is 27.4 Å². The molecule has 0 spiro atoms. The number of carbonyl (C=O) groups excluding carboxylic acids is 9. The van der Waals surface area contributed by atoms with Crippen molar-refractivity contribution in [2.45, 2.75) is 167 Å². The van der Waals surface area contributed by atoms with Crippen molar-refractivity contribution < 1.29 is 53.1 Å². The van der Waals surface area contributed by atoms with Gasteiger partial charge in [0.1, 0.15) is 48.3 Å². The molecule has 10 atom stereocenters. The number of H-pyrrole nitrogens is 2. The van der Waals surface area contributed by atoms with Gasteiger partial charge in [-0.3, -0.25) is 43.2 Å². The van der Waals surface area contributed by atoms with Crippen LogP contribution in [0.25, 0.3) is 21.8 Å². The second-order valence-electron chi connectivity index (χ2n) is 22.8. The number of benzene rings is 3. The lowest BCUT2D eigenvalue weighted by molar-refractivity contribution is -0.143. The maximum absolute atomic E-state index is 15.2. The first-order chi connectivity index (χ1) is 41.1. The fourth-order valence-corrected chi connectivity index (χ4v) is 10.7. The number of terminal acetylenes is 1. The van der Waals surface area contributed by atoms with Gasteiger partial charge in [-0.05, 0) is 72.3 Å². The fourth-order valence-electron chi connectivity index (χ4n) is 10.7. The van der Waals surface area contributed by atoms with E-state index in [1.807, 2.05) is 61.5 Å². The van der Waals surface area contributed by atoms with E-state index < -0.39 is 119 Å². The number of nitrogens with two attached hydrogens (primary N) is 1. The van der Waals surface area contributed by atoms with Crippen LogP contribution >= 0.6 is 0 Å². The first kappa shape index (κ1) is 66.1.